The highest BCUT2D eigenvalue weighted by molar-refractivity contribution is 5.84. The van der Waals surface area contributed by atoms with E-state index in [1.165, 1.54) is 5.56 Å². The predicted octanol–water partition coefficient (Wildman–Crippen LogP) is 2.03. The minimum absolute atomic E-state index is 0.304. The molecule has 0 saturated heterocycles. The zero-order valence-electron chi connectivity index (χ0n) is 9.66. The van der Waals surface area contributed by atoms with E-state index in [-0.39, 0.29) is 0 Å². The lowest BCUT2D eigenvalue weighted by atomic mass is 10.1. The molecule has 1 aromatic heterocycles. The number of hydrogen-bond donors (Lipinski definition) is 3. The van der Waals surface area contributed by atoms with E-state index in [4.69, 9.17) is 6.42 Å². The molecule has 1 aromatic carbocycles. The van der Waals surface area contributed by atoms with Gasteiger partial charge in [-0.15, -0.1) is 12.3 Å². The van der Waals surface area contributed by atoms with Gasteiger partial charge in [0.15, 0.2) is 0 Å². The predicted molar refractivity (Wildman–Crippen MR) is 70.0 cm³/mol. The summed E-state index contributed by atoms with van der Waals surface area (Å²) in [6.45, 7) is 1.74. The maximum atomic E-state index is 9.46. The summed E-state index contributed by atoms with van der Waals surface area (Å²) in [7, 11) is 0. The Morgan fingerprint density at radius 2 is 2.24 bits per heavy atom. The highest BCUT2D eigenvalue weighted by atomic mass is 16.3. The molecule has 0 spiro atoms. The maximum absolute atomic E-state index is 9.46. The number of rotatable bonds is 5. The smallest absolute Gasteiger partial charge is 0.116 e. The number of fused-ring (bicyclic) bond motifs is 1. The zero-order valence-corrected chi connectivity index (χ0v) is 9.66. The van der Waals surface area contributed by atoms with Crippen LogP contribution in [0.25, 0.3) is 10.9 Å². The normalized spacial score (nSPS) is 10.5. The average Bonchev–Trinajstić information content (AvgIpc) is 2.72. The van der Waals surface area contributed by atoms with Crippen molar-refractivity contribution in [1.82, 2.24) is 10.3 Å². The van der Waals surface area contributed by atoms with Crippen LogP contribution in [0, 0.1) is 12.3 Å². The van der Waals surface area contributed by atoms with Gasteiger partial charge in [-0.3, -0.25) is 0 Å². The molecule has 2 aromatic rings. The van der Waals surface area contributed by atoms with Crippen LogP contribution in [0.2, 0.25) is 0 Å². The quantitative estimate of drug-likeness (QED) is 0.541. The van der Waals surface area contributed by atoms with E-state index in [9.17, 15) is 5.11 Å². The Morgan fingerprint density at radius 3 is 3.06 bits per heavy atom. The molecule has 0 radical (unpaired) electrons. The Morgan fingerprint density at radius 1 is 1.35 bits per heavy atom. The number of phenols is 1. The second-order valence-electron chi connectivity index (χ2n) is 4.00. The molecule has 2 rings (SSSR count). The summed E-state index contributed by atoms with van der Waals surface area (Å²) >= 11 is 0. The molecule has 0 aliphatic carbocycles. The SMILES string of the molecule is C#CCCNCCc1c[nH]c2ccc(O)cc12. The van der Waals surface area contributed by atoms with Crippen LogP contribution in [0.1, 0.15) is 12.0 Å². The Hall–Kier alpha value is -1.92. The van der Waals surface area contributed by atoms with Gasteiger partial charge in [-0.2, -0.15) is 0 Å². The first-order valence-electron chi connectivity index (χ1n) is 5.74. The Kier molecular flexibility index (Phi) is 3.69. The van der Waals surface area contributed by atoms with Crippen LogP contribution in [0.3, 0.4) is 0 Å². The van der Waals surface area contributed by atoms with Gasteiger partial charge in [-0.05, 0) is 36.7 Å². The number of phenolic OH excluding ortho intramolecular Hbond substituents is 1. The van der Waals surface area contributed by atoms with Crippen molar-refractivity contribution >= 4 is 10.9 Å². The van der Waals surface area contributed by atoms with Gasteiger partial charge in [-0.25, -0.2) is 0 Å². The minimum Gasteiger partial charge on any atom is -0.508 e. The fourth-order valence-electron chi connectivity index (χ4n) is 1.88. The summed E-state index contributed by atoms with van der Waals surface area (Å²) in [5.41, 5.74) is 2.27. The van der Waals surface area contributed by atoms with Crippen LogP contribution < -0.4 is 5.32 Å². The number of H-pyrrole nitrogens is 1. The van der Waals surface area contributed by atoms with E-state index in [2.05, 4.69) is 16.2 Å². The van der Waals surface area contributed by atoms with Gasteiger partial charge in [0.25, 0.3) is 0 Å². The van der Waals surface area contributed by atoms with Crippen molar-refractivity contribution in [2.24, 2.45) is 0 Å². The number of aromatic amines is 1. The first kappa shape index (κ1) is 11.6. The van der Waals surface area contributed by atoms with Crippen LogP contribution in [-0.4, -0.2) is 23.2 Å². The van der Waals surface area contributed by atoms with Gasteiger partial charge in [0.1, 0.15) is 5.75 Å². The molecule has 3 nitrogen and oxygen atoms in total. The molecule has 0 fully saturated rings. The summed E-state index contributed by atoms with van der Waals surface area (Å²) in [4.78, 5) is 3.20. The molecule has 0 aliphatic rings. The number of nitrogens with one attached hydrogen (secondary N) is 2. The van der Waals surface area contributed by atoms with Crippen molar-refractivity contribution in [2.75, 3.05) is 13.1 Å². The van der Waals surface area contributed by atoms with Crippen LogP contribution in [0.4, 0.5) is 0 Å². The van der Waals surface area contributed by atoms with Crippen LogP contribution in [0.15, 0.2) is 24.4 Å². The summed E-state index contributed by atoms with van der Waals surface area (Å²) < 4.78 is 0. The molecule has 17 heavy (non-hydrogen) atoms. The number of benzene rings is 1. The Labute approximate surface area is 101 Å². The molecule has 0 unspecified atom stereocenters. The van der Waals surface area contributed by atoms with E-state index in [1.807, 2.05) is 12.3 Å². The molecule has 1 heterocycles. The van der Waals surface area contributed by atoms with Gasteiger partial charge >= 0.3 is 0 Å². The number of terminal acetylenes is 1. The topological polar surface area (TPSA) is 48.0 Å². The van der Waals surface area contributed by atoms with Gasteiger partial charge in [-0.1, -0.05) is 0 Å². The number of hydrogen-bond acceptors (Lipinski definition) is 2. The van der Waals surface area contributed by atoms with E-state index in [1.54, 1.807) is 12.1 Å². The molecular formula is C14H16N2O. The summed E-state index contributed by atoms with van der Waals surface area (Å²) in [5, 5.41) is 13.8. The highest BCUT2D eigenvalue weighted by Crippen LogP contribution is 2.22. The standard InChI is InChI=1S/C14H16N2O/c1-2-3-7-15-8-6-11-10-16-14-5-4-12(17)9-13(11)14/h1,4-5,9-10,15-17H,3,6-8H2. The molecule has 3 heteroatoms. The maximum Gasteiger partial charge on any atom is 0.116 e. The van der Waals surface area contributed by atoms with Crippen molar-refractivity contribution in [3.05, 3.63) is 30.0 Å². The van der Waals surface area contributed by atoms with Crippen molar-refractivity contribution in [3.8, 4) is 18.1 Å². The number of aromatic hydroxyl groups is 1. The second-order valence-corrected chi connectivity index (χ2v) is 4.00. The third-order valence-electron chi connectivity index (χ3n) is 2.77. The lowest BCUT2D eigenvalue weighted by Crippen LogP contribution is -2.17. The summed E-state index contributed by atoms with van der Waals surface area (Å²) in [6.07, 6.45) is 8.85. The first-order valence-corrected chi connectivity index (χ1v) is 5.74. The largest absolute Gasteiger partial charge is 0.508 e. The van der Waals surface area contributed by atoms with Crippen molar-refractivity contribution < 1.29 is 5.11 Å². The monoisotopic (exact) mass is 228 g/mol. The van der Waals surface area contributed by atoms with Gasteiger partial charge in [0.2, 0.25) is 0 Å². The molecule has 3 N–H and O–H groups in total. The Bertz CT molecular complexity index is 537. The first-order chi connectivity index (χ1) is 8.31. The zero-order chi connectivity index (χ0) is 12.1. The van der Waals surface area contributed by atoms with E-state index in [0.717, 1.165) is 36.8 Å². The van der Waals surface area contributed by atoms with Gasteiger partial charge in [0, 0.05) is 30.1 Å². The second kappa shape index (κ2) is 5.42. The third-order valence-corrected chi connectivity index (χ3v) is 2.77. The lowest BCUT2D eigenvalue weighted by molar-refractivity contribution is 0.476. The summed E-state index contributed by atoms with van der Waals surface area (Å²) in [5.74, 6) is 2.90. The molecular weight excluding hydrogens is 212 g/mol. The van der Waals surface area contributed by atoms with Crippen molar-refractivity contribution in [3.63, 3.8) is 0 Å². The molecule has 88 valence electrons. The highest BCUT2D eigenvalue weighted by Gasteiger charge is 2.03. The Balaban J connectivity index is 1.99. The van der Waals surface area contributed by atoms with Gasteiger partial charge in [0.05, 0.1) is 0 Å². The van der Waals surface area contributed by atoms with E-state index < -0.39 is 0 Å². The van der Waals surface area contributed by atoms with Gasteiger partial charge < -0.3 is 15.4 Å². The summed E-state index contributed by atoms with van der Waals surface area (Å²) in [6, 6.07) is 5.37. The molecule has 0 amide bonds. The fraction of sp³-hybridized carbons (Fsp3) is 0.286. The third kappa shape index (κ3) is 2.80. The van der Waals surface area contributed by atoms with E-state index >= 15 is 0 Å². The van der Waals surface area contributed by atoms with Crippen molar-refractivity contribution in [2.45, 2.75) is 12.8 Å². The number of aromatic nitrogens is 1. The minimum atomic E-state index is 0.304. The van der Waals surface area contributed by atoms with Crippen LogP contribution >= 0.6 is 0 Å². The van der Waals surface area contributed by atoms with E-state index in [0.29, 0.717) is 5.75 Å². The molecule has 0 aliphatic heterocycles. The molecule has 0 saturated carbocycles. The molecule has 0 atom stereocenters. The van der Waals surface area contributed by atoms with Crippen LogP contribution in [-0.2, 0) is 6.42 Å². The molecule has 0 bridgehead atoms. The lowest BCUT2D eigenvalue weighted by Gasteiger charge is -2.02. The average molecular weight is 228 g/mol. The van der Waals surface area contributed by atoms with Crippen molar-refractivity contribution in [1.29, 1.82) is 0 Å². The van der Waals surface area contributed by atoms with Crippen LogP contribution in [0.5, 0.6) is 5.75 Å². The fourth-order valence-corrected chi connectivity index (χ4v) is 1.88.